The average molecular weight is 302 g/mol. The highest BCUT2D eigenvalue weighted by Crippen LogP contribution is 2.37. The fourth-order valence-corrected chi connectivity index (χ4v) is 3.64. The van der Waals surface area contributed by atoms with Gasteiger partial charge in [-0.1, -0.05) is 6.07 Å². The van der Waals surface area contributed by atoms with Crippen LogP contribution in [0.4, 0.5) is 5.69 Å². The quantitative estimate of drug-likeness (QED) is 0.796. The SMILES string of the molecule is CCOC(=O)CC(c1cccs1)N1CCc2cnccc21. The summed E-state index contributed by atoms with van der Waals surface area (Å²) < 4.78 is 5.14. The summed E-state index contributed by atoms with van der Waals surface area (Å²) in [4.78, 5) is 19.7. The number of nitrogens with zero attached hydrogens (tertiary/aromatic N) is 2. The zero-order chi connectivity index (χ0) is 14.7. The molecule has 0 fully saturated rings. The lowest BCUT2D eigenvalue weighted by Gasteiger charge is -2.29. The lowest BCUT2D eigenvalue weighted by atomic mass is 10.1. The molecule has 5 heteroatoms. The summed E-state index contributed by atoms with van der Waals surface area (Å²) in [7, 11) is 0. The molecule has 1 aliphatic rings. The Balaban J connectivity index is 1.88. The monoisotopic (exact) mass is 302 g/mol. The van der Waals surface area contributed by atoms with Gasteiger partial charge in [-0.05, 0) is 36.4 Å². The van der Waals surface area contributed by atoms with Crippen molar-refractivity contribution in [1.82, 2.24) is 4.98 Å². The largest absolute Gasteiger partial charge is 0.466 e. The van der Waals surface area contributed by atoms with Gasteiger partial charge in [-0.3, -0.25) is 9.78 Å². The molecule has 0 saturated heterocycles. The van der Waals surface area contributed by atoms with Gasteiger partial charge in [0.15, 0.2) is 0 Å². The molecule has 0 N–H and O–H groups in total. The first-order valence-corrected chi connectivity index (χ1v) is 8.06. The van der Waals surface area contributed by atoms with Gasteiger partial charge in [0.05, 0.1) is 19.1 Å². The van der Waals surface area contributed by atoms with Crippen LogP contribution in [0.2, 0.25) is 0 Å². The number of rotatable bonds is 5. The number of pyridine rings is 1. The maximum Gasteiger partial charge on any atom is 0.308 e. The fraction of sp³-hybridized carbons (Fsp3) is 0.375. The van der Waals surface area contributed by atoms with Gasteiger partial charge in [0.1, 0.15) is 0 Å². The Hall–Kier alpha value is -1.88. The second-order valence-corrected chi connectivity index (χ2v) is 5.97. The van der Waals surface area contributed by atoms with Gasteiger partial charge >= 0.3 is 5.97 Å². The van der Waals surface area contributed by atoms with Crippen molar-refractivity contribution >= 4 is 23.0 Å². The van der Waals surface area contributed by atoms with Gasteiger partial charge in [-0.15, -0.1) is 11.3 Å². The molecule has 2 aromatic rings. The van der Waals surface area contributed by atoms with Crippen molar-refractivity contribution in [2.75, 3.05) is 18.1 Å². The zero-order valence-corrected chi connectivity index (χ0v) is 12.8. The molecule has 4 nitrogen and oxygen atoms in total. The second-order valence-electron chi connectivity index (χ2n) is 4.99. The molecule has 1 atom stereocenters. The van der Waals surface area contributed by atoms with Crippen LogP contribution in [0.25, 0.3) is 0 Å². The van der Waals surface area contributed by atoms with Gasteiger partial charge in [-0.25, -0.2) is 0 Å². The Morgan fingerprint density at radius 3 is 3.19 bits per heavy atom. The van der Waals surface area contributed by atoms with Crippen LogP contribution < -0.4 is 4.90 Å². The highest BCUT2D eigenvalue weighted by atomic mass is 32.1. The lowest BCUT2D eigenvalue weighted by molar-refractivity contribution is -0.143. The van der Waals surface area contributed by atoms with Crippen LogP contribution in [0, 0.1) is 0 Å². The van der Waals surface area contributed by atoms with Crippen LogP contribution in [0.5, 0.6) is 0 Å². The van der Waals surface area contributed by atoms with E-state index in [1.807, 2.05) is 31.5 Å². The van der Waals surface area contributed by atoms with Gasteiger partial charge < -0.3 is 9.64 Å². The van der Waals surface area contributed by atoms with E-state index in [2.05, 4.69) is 21.3 Å². The van der Waals surface area contributed by atoms with Crippen LogP contribution >= 0.6 is 11.3 Å². The van der Waals surface area contributed by atoms with E-state index in [9.17, 15) is 4.79 Å². The van der Waals surface area contributed by atoms with Crippen molar-refractivity contribution in [1.29, 1.82) is 0 Å². The predicted molar refractivity (Wildman–Crippen MR) is 83.6 cm³/mol. The summed E-state index contributed by atoms with van der Waals surface area (Å²) in [6.07, 6.45) is 5.10. The Labute approximate surface area is 128 Å². The Morgan fingerprint density at radius 1 is 1.52 bits per heavy atom. The smallest absolute Gasteiger partial charge is 0.308 e. The first-order valence-electron chi connectivity index (χ1n) is 7.18. The summed E-state index contributed by atoms with van der Waals surface area (Å²) >= 11 is 1.69. The molecule has 0 aliphatic carbocycles. The third-order valence-electron chi connectivity index (χ3n) is 3.72. The first-order chi connectivity index (χ1) is 10.3. The van der Waals surface area contributed by atoms with E-state index >= 15 is 0 Å². The van der Waals surface area contributed by atoms with Crippen molar-refractivity contribution in [2.45, 2.75) is 25.8 Å². The number of ether oxygens (including phenoxy) is 1. The average Bonchev–Trinajstić information content (AvgIpc) is 3.15. The number of hydrogen-bond acceptors (Lipinski definition) is 5. The van der Waals surface area contributed by atoms with Gasteiger partial charge in [0.2, 0.25) is 0 Å². The lowest BCUT2D eigenvalue weighted by Crippen LogP contribution is -2.28. The molecule has 0 saturated carbocycles. The summed E-state index contributed by atoms with van der Waals surface area (Å²) in [6.45, 7) is 3.19. The molecule has 0 radical (unpaired) electrons. The number of fused-ring (bicyclic) bond motifs is 1. The van der Waals surface area contributed by atoms with Crippen molar-refractivity contribution < 1.29 is 9.53 Å². The molecule has 0 amide bonds. The maximum atomic E-state index is 12.0. The molecule has 2 aromatic heterocycles. The normalized spacial score (nSPS) is 14.8. The number of carbonyl (C=O) groups excluding carboxylic acids is 1. The van der Waals surface area contributed by atoms with E-state index in [4.69, 9.17) is 4.74 Å². The Morgan fingerprint density at radius 2 is 2.43 bits per heavy atom. The summed E-state index contributed by atoms with van der Waals surface area (Å²) in [5.41, 5.74) is 2.44. The standard InChI is InChI=1S/C16H18N2O2S/c1-2-20-16(19)10-14(15-4-3-9-21-15)18-8-6-12-11-17-7-5-13(12)18/h3-5,7,9,11,14H,2,6,8,10H2,1H3. The molecule has 3 heterocycles. The number of aromatic nitrogens is 1. The Bertz CT molecular complexity index is 612. The highest BCUT2D eigenvalue weighted by molar-refractivity contribution is 7.10. The van der Waals surface area contributed by atoms with Crippen molar-refractivity contribution in [3.63, 3.8) is 0 Å². The van der Waals surface area contributed by atoms with E-state index < -0.39 is 0 Å². The fourth-order valence-electron chi connectivity index (χ4n) is 2.80. The number of hydrogen-bond donors (Lipinski definition) is 0. The van der Waals surface area contributed by atoms with Crippen molar-refractivity contribution in [2.24, 2.45) is 0 Å². The van der Waals surface area contributed by atoms with Gasteiger partial charge in [0, 0.05) is 29.5 Å². The van der Waals surface area contributed by atoms with Crippen molar-refractivity contribution in [3.8, 4) is 0 Å². The van der Waals surface area contributed by atoms with Crippen LogP contribution in [0.15, 0.2) is 36.0 Å². The second kappa shape index (κ2) is 6.26. The van der Waals surface area contributed by atoms with Crippen LogP contribution in [-0.2, 0) is 16.0 Å². The van der Waals surface area contributed by atoms with E-state index in [-0.39, 0.29) is 12.0 Å². The minimum atomic E-state index is -0.140. The molecular weight excluding hydrogens is 284 g/mol. The third kappa shape index (κ3) is 2.93. The number of anilines is 1. The number of esters is 1. The molecule has 1 unspecified atom stereocenters. The van der Waals surface area contributed by atoms with Crippen LogP contribution in [0.1, 0.15) is 29.8 Å². The topological polar surface area (TPSA) is 42.4 Å². The maximum absolute atomic E-state index is 12.0. The zero-order valence-electron chi connectivity index (χ0n) is 12.0. The molecule has 3 rings (SSSR count). The molecule has 0 spiro atoms. The van der Waals surface area contributed by atoms with E-state index in [1.165, 1.54) is 16.1 Å². The van der Waals surface area contributed by atoms with E-state index in [0.717, 1.165) is 13.0 Å². The van der Waals surface area contributed by atoms with Crippen LogP contribution in [0.3, 0.4) is 0 Å². The third-order valence-corrected chi connectivity index (χ3v) is 4.70. The molecule has 0 bridgehead atoms. The van der Waals surface area contributed by atoms with Crippen LogP contribution in [-0.4, -0.2) is 24.1 Å². The molecule has 110 valence electrons. The van der Waals surface area contributed by atoms with Gasteiger partial charge in [0.25, 0.3) is 0 Å². The molecule has 21 heavy (non-hydrogen) atoms. The summed E-state index contributed by atoms with van der Waals surface area (Å²) in [6, 6.07) is 6.21. The van der Waals surface area contributed by atoms with E-state index in [1.54, 1.807) is 11.3 Å². The molecule has 1 aliphatic heterocycles. The summed E-state index contributed by atoms with van der Waals surface area (Å²) in [5, 5.41) is 2.05. The Kier molecular flexibility index (Phi) is 4.20. The number of carbonyl (C=O) groups is 1. The minimum absolute atomic E-state index is 0.0488. The summed E-state index contributed by atoms with van der Waals surface area (Å²) in [5.74, 6) is -0.140. The highest BCUT2D eigenvalue weighted by Gasteiger charge is 2.30. The molecular formula is C16H18N2O2S. The van der Waals surface area contributed by atoms with Crippen molar-refractivity contribution in [3.05, 3.63) is 46.4 Å². The van der Waals surface area contributed by atoms with E-state index in [0.29, 0.717) is 13.0 Å². The predicted octanol–water partition coefficient (Wildman–Crippen LogP) is 3.20. The minimum Gasteiger partial charge on any atom is -0.466 e. The van der Waals surface area contributed by atoms with Gasteiger partial charge in [-0.2, -0.15) is 0 Å². The molecule has 0 aromatic carbocycles. The first kappa shape index (κ1) is 14.1. The number of thiophene rings is 1.